The van der Waals surface area contributed by atoms with E-state index in [0.717, 1.165) is 43.2 Å². The van der Waals surface area contributed by atoms with E-state index in [2.05, 4.69) is 29.7 Å². The van der Waals surface area contributed by atoms with Crippen molar-refractivity contribution in [1.82, 2.24) is 9.21 Å². The molecular formula is C39H51N5O10S2. The lowest BCUT2D eigenvalue weighted by atomic mass is 9.73. The van der Waals surface area contributed by atoms with Gasteiger partial charge in [0, 0.05) is 37.9 Å². The Morgan fingerprint density at radius 1 is 1.27 bits per heavy atom. The van der Waals surface area contributed by atoms with Gasteiger partial charge in [-0.3, -0.25) is 14.1 Å². The van der Waals surface area contributed by atoms with Gasteiger partial charge in [-0.2, -0.15) is 12.7 Å². The summed E-state index contributed by atoms with van der Waals surface area (Å²) in [4.78, 5) is 49.0. The van der Waals surface area contributed by atoms with E-state index >= 15 is 0 Å². The molecule has 2 aliphatic heterocycles. The van der Waals surface area contributed by atoms with Crippen LogP contribution >= 0.6 is 12.2 Å². The molecule has 56 heavy (non-hydrogen) atoms. The molecule has 2 heterocycles. The van der Waals surface area contributed by atoms with Gasteiger partial charge >= 0.3 is 16.3 Å². The fraction of sp³-hybridized carbons (Fsp3) is 0.487. The number of rotatable bonds is 17. The number of ether oxygens (including phenoxy) is 1. The van der Waals surface area contributed by atoms with Crippen LogP contribution in [0.15, 0.2) is 69.6 Å². The molecule has 0 spiro atoms. The number of hydrogen-bond acceptors (Lipinski definition) is 12. The number of carbonyl (C=O) groups is 3. The van der Waals surface area contributed by atoms with Crippen LogP contribution in [-0.4, -0.2) is 86.0 Å². The van der Waals surface area contributed by atoms with E-state index in [9.17, 15) is 37.6 Å². The maximum Gasteiger partial charge on any atom is 0.366 e. The summed E-state index contributed by atoms with van der Waals surface area (Å²) in [5.41, 5.74) is 6.90. The SMILES string of the molecule is C=C(C)[C@@H]1CCC(C)=C[C@H]1c1c(O)cc(CCCCC)cc1OC(=S)N(C)C/C=C1\[C@H](CC(=O)/C(=N\OC(C)(C)C(=O)O)C2=CCC(N)=N2)C(=O)N1S(=O)(=O)O. The molecule has 0 aromatic heterocycles. The second kappa shape index (κ2) is 17.9. The summed E-state index contributed by atoms with van der Waals surface area (Å²) < 4.78 is 41.0. The molecule has 1 aliphatic carbocycles. The largest absolute Gasteiger partial charge is 0.507 e. The number of nitrogens with zero attached hydrogens (tertiary/aromatic N) is 4. The quantitative estimate of drug-likeness (QED) is 0.0281. The second-order valence-electron chi connectivity index (χ2n) is 14.9. The average molecular weight is 814 g/mol. The molecular weight excluding hydrogens is 763 g/mol. The van der Waals surface area contributed by atoms with Gasteiger partial charge in [0.1, 0.15) is 17.3 Å². The molecule has 15 nitrogen and oxygen atoms in total. The van der Waals surface area contributed by atoms with Crippen LogP contribution in [0.4, 0.5) is 0 Å². The molecule has 4 rings (SSSR count). The van der Waals surface area contributed by atoms with Crippen molar-refractivity contribution in [2.45, 2.75) is 97.5 Å². The molecule has 0 radical (unpaired) electrons. The van der Waals surface area contributed by atoms with Gasteiger partial charge in [0.2, 0.25) is 5.60 Å². The predicted molar refractivity (Wildman–Crippen MR) is 215 cm³/mol. The third-order valence-corrected chi connectivity index (χ3v) is 11.2. The van der Waals surface area contributed by atoms with E-state index in [4.69, 9.17) is 27.5 Å². The number of amides is 1. The van der Waals surface area contributed by atoms with Crippen molar-refractivity contribution in [1.29, 1.82) is 0 Å². The third kappa shape index (κ3) is 10.3. The predicted octanol–water partition coefficient (Wildman–Crippen LogP) is 5.72. The zero-order chi connectivity index (χ0) is 41.7. The lowest BCUT2D eigenvalue weighted by Crippen LogP contribution is -2.54. The lowest BCUT2D eigenvalue weighted by molar-refractivity contribution is -0.161. The van der Waals surface area contributed by atoms with Gasteiger partial charge in [0.15, 0.2) is 11.5 Å². The lowest BCUT2D eigenvalue weighted by Gasteiger charge is -2.38. The summed E-state index contributed by atoms with van der Waals surface area (Å²) in [5.74, 6) is -4.19. The standard InChI is InChI=1S/C39H51N5O10S2/c1-8-9-10-11-24-19-30(45)34(26-18-23(4)12-13-25(26)22(2)3)32(20-24)53-38(55)43(7)17-16-29-27(36(47)44(29)56(50,51)52)21-31(46)35(28-14-15-33(40)41-28)42-54-39(5,6)37(48)49/h14,16,18-20,25-27,45H,2,8-13,15,17,21H2,1,3-7H3,(H2,40,41)(H,48,49)(H,50,51,52)/b29-16+,42-35-/t25-,26+,27-/m0/s1. The van der Waals surface area contributed by atoms with E-state index in [1.54, 1.807) is 13.1 Å². The molecule has 17 heteroatoms. The first-order valence-corrected chi connectivity index (χ1v) is 20.2. The molecule has 0 bridgehead atoms. The minimum atomic E-state index is -5.08. The number of β-lactam (4-membered cyclic amide) rings is 1. The number of allylic oxidation sites excluding steroid dienone is 4. The summed E-state index contributed by atoms with van der Waals surface area (Å²) in [6.45, 7) is 12.6. The summed E-state index contributed by atoms with van der Waals surface area (Å²) in [6, 6.07) is 3.64. The number of carbonyl (C=O) groups excluding carboxylic acids is 2. The molecule has 0 saturated carbocycles. The van der Waals surface area contributed by atoms with Gasteiger partial charge in [-0.25, -0.2) is 9.79 Å². The summed E-state index contributed by atoms with van der Waals surface area (Å²) in [7, 11) is -3.50. The van der Waals surface area contributed by atoms with Crippen molar-refractivity contribution in [3.8, 4) is 11.5 Å². The van der Waals surface area contributed by atoms with Gasteiger partial charge in [0.05, 0.1) is 17.3 Å². The fourth-order valence-electron chi connectivity index (χ4n) is 6.65. The number of aromatic hydroxyl groups is 1. The van der Waals surface area contributed by atoms with Gasteiger partial charge in [-0.05, 0) is 101 Å². The second-order valence-corrected chi connectivity index (χ2v) is 16.5. The molecule has 3 atom stereocenters. The number of nitrogens with two attached hydrogens (primary N) is 1. The monoisotopic (exact) mass is 813 g/mol. The first-order valence-electron chi connectivity index (χ1n) is 18.4. The van der Waals surface area contributed by atoms with Gasteiger partial charge < -0.3 is 30.4 Å². The number of aliphatic imine (C=N–C) groups is 1. The number of phenolic OH excluding ortho intramolecular Hbond substituents is 1. The number of likely N-dealkylation sites (N-methyl/N-ethyl adjacent to an activating group) is 1. The highest BCUT2D eigenvalue weighted by molar-refractivity contribution is 7.84. The third-order valence-electron chi connectivity index (χ3n) is 9.91. The smallest absolute Gasteiger partial charge is 0.366 e. The molecule has 1 aromatic carbocycles. The van der Waals surface area contributed by atoms with Crippen LogP contribution in [0.25, 0.3) is 0 Å². The fourth-order valence-corrected chi connectivity index (χ4v) is 7.63. The highest BCUT2D eigenvalue weighted by Crippen LogP contribution is 2.47. The molecule has 3 aliphatic rings. The summed E-state index contributed by atoms with van der Waals surface area (Å²) >= 11 is 5.69. The Kier molecular flexibility index (Phi) is 14.0. The Labute approximate surface area is 333 Å². The molecule has 1 amide bonds. The normalized spacial score (nSPS) is 20.8. The topological polar surface area (TPSA) is 222 Å². The number of carboxylic acids is 1. The van der Waals surface area contributed by atoms with Crippen molar-refractivity contribution in [2.75, 3.05) is 13.6 Å². The van der Waals surface area contributed by atoms with E-state index in [0.29, 0.717) is 17.7 Å². The minimum Gasteiger partial charge on any atom is -0.507 e. The van der Waals surface area contributed by atoms with Crippen molar-refractivity contribution in [3.05, 3.63) is 70.6 Å². The average Bonchev–Trinajstić information content (AvgIpc) is 3.53. The Balaban J connectivity index is 1.63. The molecule has 5 N–H and O–H groups in total. The Morgan fingerprint density at radius 2 is 1.96 bits per heavy atom. The van der Waals surface area contributed by atoms with Crippen LogP contribution < -0.4 is 10.5 Å². The van der Waals surface area contributed by atoms with Gasteiger partial charge in [-0.15, -0.1) is 0 Å². The minimum absolute atomic E-state index is 0.00635. The zero-order valence-corrected chi connectivity index (χ0v) is 34.2. The zero-order valence-electron chi connectivity index (χ0n) is 32.6. The number of ketones is 1. The van der Waals surface area contributed by atoms with Crippen LogP contribution in [-0.2, 0) is 35.9 Å². The number of oxime groups is 1. The number of Topliss-reactive ketones (excluding diaryl/α,β-unsaturated/α-hetero) is 1. The van der Waals surface area contributed by atoms with Gasteiger partial charge in [0.25, 0.3) is 11.1 Å². The van der Waals surface area contributed by atoms with E-state index in [-0.39, 0.29) is 57.3 Å². The van der Waals surface area contributed by atoms with Crippen LogP contribution in [0.5, 0.6) is 11.5 Å². The van der Waals surface area contributed by atoms with Crippen molar-refractivity contribution < 1.29 is 47.1 Å². The van der Waals surface area contributed by atoms with Crippen LogP contribution in [0.1, 0.15) is 96.6 Å². The summed E-state index contributed by atoms with van der Waals surface area (Å²) in [5, 5.41) is 24.7. The van der Waals surface area contributed by atoms with Gasteiger partial charge in [-0.1, -0.05) is 48.7 Å². The Bertz CT molecular complexity index is 2050. The number of benzene rings is 1. The highest BCUT2D eigenvalue weighted by atomic mass is 32.2. The molecule has 0 unspecified atom stereocenters. The van der Waals surface area contributed by atoms with Crippen molar-refractivity contribution in [2.24, 2.45) is 27.7 Å². The van der Waals surface area contributed by atoms with E-state index in [1.165, 1.54) is 36.5 Å². The molecule has 1 fully saturated rings. The number of amidine groups is 1. The number of unbranched alkanes of at least 4 members (excludes halogenated alkanes) is 2. The molecule has 1 aromatic rings. The number of phenols is 1. The Hall–Kier alpha value is -4.87. The number of aliphatic carboxylic acids is 1. The van der Waals surface area contributed by atoms with Crippen LogP contribution in [0.3, 0.4) is 0 Å². The molecule has 1 saturated heterocycles. The number of hydrogen-bond donors (Lipinski definition) is 4. The summed E-state index contributed by atoms with van der Waals surface area (Å²) in [6.07, 6.45) is 9.87. The maximum absolute atomic E-state index is 13.6. The van der Waals surface area contributed by atoms with Crippen molar-refractivity contribution in [3.63, 3.8) is 0 Å². The first kappa shape index (κ1) is 43.9. The molecule has 304 valence electrons. The maximum atomic E-state index is 13.6. The Morgan fingerprint density at radius 3 is 2.55 bits per heavy atom. The highest BCUT2D eigenvalue weighted by Gasteiger charge is 2.50. The number of thiocarbonyl (C=S) groups is 1. The van der Waals surface area contributed by atoms with Crippen molar-refractivity contribution >= 4 is 56.9 Å². The number of aryl methyl sites for hydroxylation is 1. The first-order chi connectivity index (χ1) is 26.2. The van der Waals surface area contributed by atoms with E-state index in [1.807, 2.05) is 19.9 Å². The van der Waals surface area contributed by atoms with Crippen LogP contribution in [0, 0.1) is 11.8 Å². The van der Waals surface area contributed by atoms with E-state index < -0.39 is 51.6 Å². The van der Waals surface area contributed by atoms with Crippen LogP contribution in [0.2, 0.25) is 0 Å². The number of carboxylic acid groups (broad SMARTS) is 1.